The highest BCUT2D eigenvalue weighted by molar-refractivity contribution is 9.10. The van der Waals surface area contributed by atoms with E-state index in [-0.39, 0.29) is 12.5 Å². The fraction of sp³-hybridized carbons (Fsp3) is 0.0714. The van der Waals surface area contributed by atoms with Crippen LogP contribution in [0.3, 0.4) is 0 Å². The van der Waals surface area contributed by atoms with Crippen LogP contribution in [0.2, 0.25) is 5.02 Å². The molecule has 0 atom stereocenters. The largest absolute Gasteiger partial charge is 0.482 e. The van der Waals surface area contributed by atoms with Gasteiger partial charge in [0.15, 0.2) is 6.61 Å². The molecule has 1 amide bonds. The van der Waals surface area contributed by atoms with Crippen molar-refractivity contribution in [3.63, 3.8) is 0 Å². The predicted octanol–water partition coefficient (Wildman–Crippen LogP) is 3.70. The van der Waals surface area contributed by atoms with Crippen molar-refractivity contribution < 1.29 is 9.53 Å². The molecule has 0 spiro atoms. The van der Waals surface area contributed by atoms with Gasteiger partial charge < -0.3 is 15.8 Å². The number of nitrogen functional groups attached to an aromatic ring is 1. The van der Waals surface area contributed by atoms with Gasteiger partial charge in [0, 0.05) is 15.2 Å². The average Bonchev–Trinajstić information content (AvgIpc) is 2.37. The van der Waals surface area contributed by atoms with E-state index in [9.17, 15) is 4.79 Å². The molecule has 0 unspecified atom stereocenters. The monoisotopic (exact) mass is 354 g/mol. The van der Waals surface area contributed by atoms with E-state index in [0.717, 1.165) is 4.47 Å². The van der Waals surface area contributed by atoms with E-state index in [1.165, 1.54) is 0 Å². The Hall–Kier alpha value is -1.72. The number of carbonyl (C=O) groups excluding carboxylic acids is 1. The molecule has 104 valence electrons. The smallest absolute Gasteiger partial charge is 0.262 e. The van der Waals surface area contributed by atoms with E-state index in [2.05, 4.69) is 21.2 Å². The molecule has 4 nitrogen and oxygen atoms in total. The molecule has 6 heteroatoms. The molecule has 0 saturated heterocycles. The lowest BCUT2D eigenvalue weighted by Gasteiger charge is -2.09. The minimum absolute atomic E-state index is 0.127. The zero-order valence-corrected chi connectivity index (χ0v) is 12.7. The van der Waals surface area contributed by atoms with E-state index in [1.807, 2.05) is 0 Å². The second kappa shape index (κ2) is 6.63. The molecule has 0 bridgehead atoms. The summed E-state index contributed by atoms with van der Waals surface area (Å²) < 4.78 is 6.22. The summed E-state index contributed by atoms with van der Waals surface area (Å²) in [4.78, 5) is 11.7. The number of carbonyl (C=O) groups is 1. The molecule has 0 fully saturated rings. The second-order valence-electron chi connectivity index (χ2n) is 4.03. The summed E-state index contributed by atoms with van der Waals surface area (Å²) in [5, 5.41) is 3.24. The third-order valence-electron chi connectivity index (χ3n) is 2.44. The van der Waals surface area contributed by atoms with Crippen molar-refractivity contribution in [3.8, 4) is 5.75 Å². The van der Waals surface area contributed by atoms with Gasteiger partial charge in [0.05, 0.1) is 5.69 Å². The Bertz CT molecular complexity index is 634. The molecule has 0 aliphatic carbocycles. The molecular formula is C14H12BrClN2O2. The summed E-state index contributed by atoms with van der Waals surface area (Å²) >= 11 is 9.13. The topological polar surface area (TPSA) is 64.3 Å². The van der Waals surface area contributed by atoms with Gasteiger partial charge in [-0.3, -0.25) is 4.79 Å². The van der Waals surface area contributed by atoms with Gasteiger partial charge in [0.1, 0.15) is 5.75 Å². The quantitative estimate of drug-likeness (QED) is 0.822. The Kier molecular flexibility index (Phi) is 4.87. The molecule has 2 aromatic rings. The first kappa shape index (κ1) is 14.7. The van der Waals surface area contributed by atoms with Gasteiger partial charge in [-0.2, -0.15) is 0 Å². The lowest BCUT2D eigenvalue weighted by Crippen LogP contribution is -2.20. The molecule has 20 heavy (non-hydrogen) atoms. The van der Waals surface area contributed by atoms with Gasteiger partial charge in [-0.05, 0) is 36.4 Å². The average molecular weight is 356 g/mol. The first-order chi connectivity index (χ1) is 9.54. The summed E-state index contributed by atoms with van der Waals surface area (Å²) in [5.41, 5.74) is 6.86. The van der Waals surface area contributed by atoms with Crippen LogP contribution in [0.1, 0.15) is 0 Å². The molecule has 0 aliphatic heterocycles. The summed E-state index contributed by atoms with van der Waals surface area (Å²) in [6.45, 7) is -0.127. The Labute approximate surface area is 130 Å². The zero-order chi connectivity index (χ0) is 14.5. The van der Waals surface area contributed by atoms with E-state index in [0.29, 0.717) is 22.1 Å². The van der Waals surface area contributed by atoms with Crippen molar-refractivity contribution in [2.45, 2.75) is 0 Å². The van der Waals surface area contributed by atoms with Gasteiger partial charge in [0.25, 0.3) is 5.91 Å². The SMILES string of the molecule is Nc1cc(Br)ccc1OCC(=O)Nc1cccc(Cl)c1. The summed E-state index contributed by atoms with van der Waals surface area (Å²) in [6, 6.07) is 12.1. The number of nitrogens with two attached hydrogens (primary N) is 1. The van der Waals surface area contributed by atoms with E-state index in [1.54, 1.807) is 42.5 Å². The fourth-order valence-corrected chi connectivity index (χ4v) is 2.13. The molecular weight excluding hydrogens is 344 g/mol. The number of hydrogen-bond acceptors (Lipinski definition) is 3. The van der Waals surface area contributed by atoms with Crippen LogP contribution in [0.4, 0.5) is 11.4 Å². The van der Waals surface area contributed by atoms with Crippen LogP contribution in [-0.2, 0) is 4.79 Å². The van der Waals surface area contributed by atoms with Crippen molar-refractivity contribution in [2.75, 3.05) is 17.7 Å². The Balaban J connectivity index is 1.92. The van der Waals surface area contributed by atoms with Crippen molar-refractivity contribution in [2.24, 2.45) is 0 Å². The third-order valence-corrected chi connectivity index (χ3v) is 3.17. The molecule has 3 N–H and O–H groups in total. The van der Waals surface area contributed by atoms with E-state index in [4.69, 9.17) is 22.1 Å². The summed E-state index contributed by atoms with van der Waals surface area (Å²) in [6.07, 6.45) is 0. The molecule has 0 aliphatic rings. The van der Waals surface area contributed by atoms with Gasteiger partial charge in [0.2, 0.25) is 0 Å². The molecule has 2 aromatic carbocycles. The molecule has 0 aromatic heterocycles. The Morgan fingerprint density at radius 3 is 2.80 bits per heavy atom. The van der Waals surface area contributed by atoms with Crippen molar-refractivity contribution in [1.82, 2.24) is 0 Å². The van der Waals surface area contributed by atoms with Crippen molar-refractivity contribution >= 4 is 44.8 Å². The van der Waals surface area contributed by atoms with Crippen molar-refractivity contribution in [3.05, 3.63) is 52.0 Å². The minimum Gasteiger partial charge on any atom is -0.482 e. The van der Waals surface area contributed by atoms with Gasteiger partial charge in [-0.1, -0.05) is 33.6 Å². The first-order valence-electron chi connectivity index (χ1n) is 5.78. The standard InChI is InChI=1S/C14H12BrClN2O2/c15-9-4-5-13(12(17)6-9)20-8-14(19)18-11-3-1-2-10(16)7-11/h1-7H,8,17H2,(H,18,19). The second-order valence-corrected chi connectivity index (χ2v) is 5.38. The van der Waals surface area contributed by atoms with Crippen LogP contribution in [0.5, 0.6) is 5.75 Å². The summed E-state index contributed by atoms with van der Waals surface area (Å²) in [7, 11) is 0. The van der Waals surface area contributed by atoms with Crippen LogP contribution >= 0.6 is 27.5 Å². The van der Waals surface area contributed by atoms with Gasteiger partial charge in [-0.15, -0.1) is 0 Å². The number of hydrogen-bond donors (Lipinski definition) is 2. The lowest BCUT2D eigenvalue weighted by atomic mass is 10.3. The molecule has 0 heterocycles. The van der Waals surface area contributed by atoms with E-state index < -0.39 is 0 Å². The van der Waals surface area contributed by atoms with Crippen LogP contribution in [0.25, 0.3) is 0 Å². The minimum atomic E-state index is -0.283. The lowest BCUT2D eigenvalue weighted by molar-refractivity contribution is -0.118. The highest BCUT2D eigenvalue weighted by atomic mass is 79.9. The highest BCUT2D eigenvalue weighted by Gasteiger charge is 2.06. The van der Waals surface area contributed by atoms with Crippen LogP contribution in [0.15, 0.2) is 46.9 Å². The third kappa shape index (κ3) is 4.15. The van der Waals surface area contributed by atoms with Crippen LogP contribution in [0, 0.1) is 0 Å². The van der Waals surface area contributed by atoms with Crippen LogP contribution < -0.4 is 15.8 Å². The number of benzene rings is 2. The number of anilines is 2. The maximum Gasteiger partial charge on any atom is 0.262 e. The molecule has 2 rings (SSSR count). The molecule has 0 saturated carbocycles. The molecule has 0 radical (unpaired) electrons. The maximum absolute atomic E-state index is 11.7. The number of amides is 1. The fourth-order valence-electron chi connectivity index (χ4n) is 1.56. The van der Waals surface area contributed by atoms with Crippen molar-refractivity contribution in [1.29, 1.82) is 0 Å². The Morgan fingerprint density at radius 2 is 2.10 bits per heavy atom. The summed E-state index contributed by atoms with van der Waals surface area (Å²) in [5.74, 6) is 0.184. The zero-order valence-electron chi connectivity index (χ0n) is 10.4. The van der Waals surface area contributed by atoms with E-state index >= 15 is 0 Å². The van der Waals surface area contributed by atoms with Crippen LogP contribution in [-0.4, -0.2) is 12.5 Å². The number of nitrogens with one attached hydrogen (secondary N) is 1. The van der Waals surface area contributed by atoms with Gasteiger partial charge >= 0.3 is 0 Å². The number of rotatable bonds is 4. The first-order valence-corrected chi connectivity index (χ1v) is 6.95. The normalized spacial score (nSPS) is 10.1. The number of ether oxygens (including phenoxy) is 1. The Morgan fingerprint density at radius 1 is 1.30 bits per heavy atom. The maximum atomic E-state index is 11.7. The van der Waals surface area contributed by atoms with Gasteiger partial charge in [-0.25, -0.2) is 0 Å². The highest BCUT2D eigenvalue weighted by Crippen LogP contribution is 2.25. The number of halogens is 2. The predicted molar refractivity (Wildman–Crippen MR) is 84.1 cm³/mol.